The number of amides is 2. The quantitative estimate of drug-likeness (QED) is 0.540. The van der Waals surface area contributed by atoms with Crippen LogP contribution in [0.4, 0.5) is 0 Å². The van der Waals surface area contributed by atoms with Gasteiger partial charge in [-0.3, -0.25) is 19.2 Å². The summed E-state index contributed by atoms with van der Waals surface area (Å²) < 4.78 is 0. The summed E-state index contributed by atoms with van der Waals surface area (Å²) in [7, 11) is 0. The van der Waals surface area contributed by atoms with Crippen molar-refractivity contribution in [3.05, 3.63) is 0 Å². The molecule has 0 unspecified atom stereocenters. The number of nitrogens with one attached hydrogen (secondary N) is 2. The molecule has 102 valence electrons. The van der Waals surface area contributed by atoms with Gasteiger partial charge in [-0.1, -0.05) is 6.92 Å². The second-order valence-corrected chi connectivity index (χ2v) is 3.79. The van der Waals surface area contributed by atoms with Crippen LogP contribution in [-0.2, 0) is 19.2 Å². The number of Topliss-reactive ketones (excluding diaryl/α,β-unsaturated/α-hetero) is 1. The molecule has 0 radical (unpaired) electrons. The fraction of sp³-hybridized carbons (Fsp3) is 0.636. The molecule has 1 atom stereocenters. The lowest BCUT2D eigenvalue weighted by Crippen LogP contribution is -2.45. The number of carbonyl (C=O) groups is 4. The second kappa shape index (κ2) is 8.21. The molecule has 0 spiro atoms. The molecule has 0 aromatic rings. The molecule has 0 rings (SSSR count). The minimum absolute atomic E-state index is 0.0398. The van der Waals surface area contributed by atoms with Gasteiger partial charge in [0.15, 0.2) is 5.78 Å². The summed E-state index contributed by atoms with van der Waals surface area (Å²) >= 11 is 0. The fourth-order valence-corrected chi connectivity index (χ4v) is 1.19. The van der Waals surface area contributed by atoms with Gasteiger partial charge in [0.25, 0.3) is 0 Å². The van der Waals surface area contributed by atoms with E-state index in [1.54, 1.807) is 6.92 Å². The Bertz CT molecular complexity index is 340. The highest BCUT2D eigenvalue weighted by Crippen LogP contribution is 1.98. The Morgan fingerprint density at radius 2 is 1.78 bits per heavy atom. The Hall–Kier alpha value is -1.92. The van der Waals surface area contributed by atoms with Gasteiger partial charge in [-0.2, -0.15) is 0 Å². The molecular formula is C11H18N2O5. The third-order valence-electron chi connectivity index (χ3n) is 2.24. The van der Waals surface area contributed by atoms with E-state index >= 15 is 0 Å². The molecule has 0 bridgehead atoms. The first-order valence-corrected chi connectivity index (χ1v) is 5.65. The van der Waals surface area contributed by atoms with Crippen LogP contribution in [0.3, 0.4) is 0 Å². The van der Waals surface area contributed by atoms with Crippen molar-refractivity contribution < 1.29 is 24.3 Å². The number of rotatable bonds is 8. The van der Waals surface area contributed by atoms with E-state index in [0.29, 0.717) is 0 Å². The van der Waals surface area contributed by atoms with E-state index < -0.39 is 17.9 Å². The maximum atomic E-state index is 11.4. The molecule has 0 aliphatic rings. The lowest BCUT2D eigenvalue weighted by Gasteiger charge is -2.15. The van der Waals surface area contributed by atoms with Crippen molar-refractivity contribution in [2.45, 2.75) is 39.2 Å². The normalized spacial score (nSPS) is 11.4. The number of hydrogen-bond donors (Lipinski definition) is 3. The lowest BCUT2D eigenvalue weighted by atomic mass is 10.1. The smallest absolute Gasteiger partial charge is 0.303 e. The van der Waals surface area contributed by atoms with Gasteiger partial charge in [-0.05, 0) is 13.3 Å². The third-order valence-corrected chi connectivity index (χ3v) is 2.24. The monoisotopic (exact) mass is 258 g/mol. The van der Waals surface area contributed by atoms with E-state index in [1.807, 2.05) is 0 Å². The zero-order valence-corrected chi connectivity index (χ0v) is 10.5. The first kappa shape index (κ1) is 16.1. The lowest BCUT2D eigenvalue weighted by molar-refractivity contribution is -0.137. The van der Waals surface area contributed by atoms with Crippen LogP contribution in [-0.4, -0.2) is 41.3 Å². The van der Waals surface area contributed by atoms with Gasteiger partial charge in [-0.15, -0.1) is 0 Å². The summed E-state index contributed by atoms with van der Waals surface area (Å²) in [6.45, 7) is 2.71. The molecule has 0 fully saturated rings. The van der Waals surface area contributed by atoms with Crippen LogP contribution < -0.4 is 10.6 Å². The summed E-state index contributed by atoms with van der Waals surface area (Å²) in [6, 6.07) is -0.827. The summed E-state index contributed by atoms with van der Waals surface area (Å²) in [5.41, 5.74) is 0. The van der Waals surface area contributed by atoms with Crippen LogP contribution in [0, 0.1) is 0 Å². The Balaban J connectivity index is 4.15. The largest absolute Gasteiger partial charge is 0.481 e. The number of carboxylic acids is 1. The topological polar surface area (TPSA) is 113 Å². The average molecular weight is 258 g/mol. The maximum absolute atomic E-state index is 11.4. The highest BCUT2D eigenvalue weighted by molar-refractivity contribution is 5.90. The zero-order chi connectivity index (χ0) is 14.1. The van der Waals surface area contributed by atoms with Crippen molar-refractivity contribution >= 4 is 23.6 Å². The molecule has 0 aliphatic heterocycles. The first-order chi connectivity index (χ1) is 8.36. The molecular weight excluding hydrogens is 240 g/mol. The van der Waals surface area contributed by atoms with Crippen molar-refractivity contribution in [2.24, 2.45) is 0 Å². The minimum atomic E-state index is -1.03. The molecule has 7 heteroatoms. The van der Waals surface area contributed by atoms with Crippen LogP contribution in [0.15, 0.2) is 0 Å². The van der Waals surface area contributed by atoms with Gasteiger partial charge < -0.3 is 15.7 Å². The number of hydrogen-bond acceptors (Lipinski definition) is 4. The fourth-order valence-electron chi connectivity index (χ4n) is 1.19. The van der Waals surface area contributed by atoms with Crippen molar-refractivity contribution in [2.75, 3.05) is 6.54 Å². The molecule has 0 heterocycles. The van der Waals surface area contributed by atoms with E-state index in [1.165, 1.54) is 6.92 Å². The number of carboxylic acid groups (broad SMARTS) is 1. The molecule has 3 N–H and O–H groups in total. The van der Waals surface area contributed by atoms with Crippen molar-refractivity contribution in [3.8, 4) is 0 Å². The van der Waals surface area contributed by atoms with E-state index in [0.717, 1.165) is 0 Å². The molecule has 0 aromatic carbocycles. The van der Waals surface area contributed by atoms with Crippen LogP contribution in [0.25, 0.3) is 0 Å². The predicted octanol–water partition coefficient (Wildman–Crippen LogP) is -0.549. The van der Waals surface area contributed by atoms with Gasteiger partial charge in [0, 0.05) is 12.8 Å². The number of ketones is 1. The van der Waals surface area contributed by atoms with Crippen LogP contribution in [0.1, 0.15) is 33.1 Å². The minimum Gasteiger partial charge on any atom is -0.481 e. The van der Waals surface area contributed by atoms with Crippen molar-refractivity contribution in [1.82, 2.24) is 10.6 Å². The molecule has 2 amide bonds. The van der Waals surface area contributed by atoms with E-state index in [-0.39, 0.29) is 37.5 Å². The highest BCUT2D eigenvalue weighted by atomic mass is 16.4. The standard InChI is InChI=1S/C11H18N2O5/c1-3-9(15)12-6-10(16)13-8(7(2)14)4-5-11(17)18/h8H,3-6H2,1-2H3,(H,12,15)(H,13,16)(H,17,18)/t8-/m0/s1. The molecule has 0 saturated heterocycles. The Morgan fingerprint density at radius 3 is 2.22 bits per heavy atom. The highest BCUT2D eigenvalue weighted by Gasteiger charge is 2.18. The first-order valence-electron chi connectivity index (χ1n) is 5.65. The van der Waals surface area contributed by atoms with Gasteiger partial charge >= 0.3 is 5.97 Å². The summed E-state index contributed by atoms with van der Waals surface area (Å²) in [6.07, 6.45) is 0.104. The Kier molecular flexibility index (Phi) is 7.34. The van der Waals surface area contributed by atoms with E-state index in [4.69, 9.17) is 5.11 Å². The third kappa shape index (κ3) is 7.37. The second-order valence-electron chi connectivity index (χ2n) is 3.79. The zero-order valence-electron chi connectivity index (χ0n) is 10.5. The summed E-state index contributed by atoms with van der Waals surface area (Å²) in [5.74, 6) is -2.13. The SMILES string of the molecule is CCC(=O)NCC(=O)N[C@@H](CCC(=O)O)C(C)=O. The van der Waals surface area contributed by atoms with E-state index in [2.05, 4.69) is 10.6 Å². The Morgan fingerprint density at radius 1 is 1.17 bits per heavy atom. The number of aliphatic carboxylic acids is 1. The molecule has 18 heavy (non-hydrogen) atoms. The van der Waals surface area contributed by atoms with Gasteiger partial charge in [-0.25, -0.2) is 0 Å². The number of carbonyl (C=O) groups excluding carboxylic acids is 3. The molecule has 0 saturated carbocycles. The van der Waals surface area contributed by atoms with Crippen LogP contribution in [0.5, 0.6) is 0 Å². The molecule has 7 nitrogen and oxygen atoms in total. The summed E-state index contributed by atoms with van der Waals surface area (Å²) in [4.78, 5) is 43.9. The Labute approximate surface area is 105 Å². The maximum Gasteiger partial charge on any atom is 0.303 e. The molecule has 0 aromatic heterocycles. The van der Waals surface area contributed by atoms with Gasteiger partial charge in [0.2, 0.25) is 11.8 Å². The van der Waals surface area contributed by atoms with Crippen molar-refractivity contribution in [1.29, 1.82) is 0 Å². The average Bonchev–Trinajstić information content (AvgIpc) is 2.30. The van der Waals surface area contributed by atoms with Gasteiger partial charge in [0.1, 0.15) is 0 Å². The predicted molar refractivity (Wildman–Crippen MR) is 62.8 cm³/mol. The van der Waals surface area contributed by atoms with Crippen LogP contribution >= 0.6 is 0 Å². The van der Waals surface area contributed by atoms with Crippen molar-refractivity contribution in [3.63, 3.8) is 0 Å². The van der Waals surface area contributed by atoms with E-state index in [9.17, 15) is 19.2 Å². The van der Waals surface area contributed by atoms with Crippen LogP contribution in [0.2, 0.25) is 0 Å². The summed E-state index contributed by atoms with van der Waals surface area (Å²) in [5, 5.41) is 13.3. The van der Waals surface area contributed by atoms with Gasteiger partial charge in [0.05, 0.1) is 12.6 Å². The molecule has 0 aliphatic carbocycles.